The Kier molecular flexibility index (Phi) is 4.03. The zero-order chi connectivity index (χ0) is 17.3. The van der Waals surface area contributed by atoms with Crippen molar-refractivity contribution in [2.24, 2.45) is 0 Å². The molecular formula is C16H10F3N3OS. The third-order valence-electron chi connectivity index (χ3n) is 3.21. The molecule has 0 aliphatic heterocycles. The second kappa shape index (κ2) is 6.02. The van der Waals surface area contributed by atoms with E-state index in [-0.39, 0.29) is 12.2 Å². The third kappa shape index (κ3) is 3.12. The van der Waals surface area contributed by atoms with E-state index < -0.39 is 17.6 Å². The van der Waals surface area contributed by atoms with Gasteiger partial charge in [0.15, 0.2) is 4.96 Å². The summed E-state index contributed by atoms with van der Waals surface area (Å²) in [4.78, 5) is 17.1. The Labute approximate surface area is 138 Å². The van der Waals surface area contributed by atoms with Crippen LogP contribution in [0.5, 0.6) is 0 Å². The van der Waals surface area contributed by atoms with Crippen LogP contribution in [0, 0.1) is 12.3 Å². The first kappa shape index (κ1) is 16.1. The first-order chi connectivity index (χ1) is 11.4. The molecule has 3 aromatic rings. The number of carbonyl (C=O) groups is 1. The summed E-state index contributed by atoms with van der Waals surface area (Å²) in [6, 6.07) is 5.07. The van der Waals surface area contributed by atoms with Crippen LogP contribution in [0.25, 0.3) is 15.4 Å². The molecule has 8 heteroatoms. The predicted octanol–water partition coefficient (Wildman–Crippen LogP) is 3.44. The number of nitrogens with one attached hydrogen (secondary N) is 1. The van der Waals surface area contributed by atoms with E-state index in [1.54, 1.807) is 16.7 Å². The Morgan fingerprint density at radius 2 is 2.17 bits per heavy atom. The molecule has 1 aromatic carbocycles. The second-order valence-electron chi connectivity index (χ2n) is 4.88. The van der Waals surface area contributed by atoms with Crippen LogP contribution >= 0.6 is 11.3 Å². The molecule has 4 nitrogen and oxygen atoms in total. The van der Waals surface area contributed by atoms with Gasteiger partial charge in [-0.15, -0.1) is 6.42 Å². The summed E-state index contributed by atoms with van der Waals surface area (Å²) in [6.45, 7) is 0.0967. The van der Waals surface area contributed by atoms with Crippen LogP contribution in [0.1, 0.15) is 16.1 Å². The Balaban J connectivity index is 1.91. The van der Waals surface area contributed by atoms with Crippen molar-refractivity contribution in [3.05, 3.63) is 47.9 Å². The largest absolute Gasteiger partial charge is 0.416 e. The van der Waals surface area contributed by atoms with Crippen molar-refractivity contribution >= 4 is 22.2 Å². The van der Waals surface area contributed by atoms with Crippen LogP contribution in [0.15, 0.2) is 36.7 Å². The standard InChI is InChI=1S/C16H10F3N3OS/c1-2-6-20-14(23)12-8-22-9-13(24-15(22)21-12)10-4-3-5-11(7-10)16(17,18)19/h1,3-5,7-9H,6H2,(H,20,23). The van der Waals surface area contributed by atoms with Gasteiger partial charge in [-0.1, -0.05) is 29.4 Å². The third-order valence-corrected chi connectivity index (χ3v) is 4.26. The van der Waals surface area contributed by atoms with Crippen LogP contribution in [0.2, 0.25) is 0 Å². The van der Waals surface area contributed by atoms with E-state index in [4.69, 9.17) is 6.42 Å². The lowest BCUT2D eigenvalue weighted by Gasteiger charge is -2.07. The van der Waals surface area contributed by atoms with Gasteiger partial charge in [0.05, 0.1) is 17.0 Å². The number of benzene rings is 1. The highest BCUT2D eigenvalue weighted by atomic mass is 32.1. The molecule has 1 N–H and O–H groups in total. The minimum Gasteiger partial charge on any atom is -0.340 e. The van der Waals surface area contributed by atoms with E-state index in [0.29, 0.717) is 15.4 Å². The molecule has 0 fully saturated rings. The summed E-state index contributed by atoms with van der Waals surface area (Å²) in [5, 5.41) is 2.50. The molecule has 0 bridgehead atoms. The fraction of sp³-hybridized carbons (Fsp3) is 0.125. The van der Waals surface area contributed by atoms with Gasteiger partial charge in [-0.05, 0) is 17.7 Å². The molecule has 1 amide bonds. The first-order valence-electron chi connectivity index (χ1n) is 6.76. The Morgan fingerprint density at radius 1 is 1.38 bits per heavy atom. The molecule has 2 heterocycles. The summed E-state index contributed by atoms with van der Waals surface area (Å²) in [5.74, 6) is 1.89. The average Bonchev–Trinajstić information content (AvgIpc) is 3.10. The molecule has 0 unspecified atom stereocenters. The molecule has 3 rings (SSSR count). The van der Waals surface area contributed by atoms with E-state index in [1.807, 2.05) is 0 Å². The number of hydrogen-bond acceptors (Lipinski definition) is 3. The number of rotatable bonds is 3. The van der Waals surface area contributed by atoms with Gasteiger partial charge in [-0.2, -0.15) is 13.2 Å². The van der Waals surface area contributed by atoms with Gasteiger partial charge < -0.3 is 5.32 Å². The van der Waals surface area contributed by atoms with E-state index >= 15 is 0 Å². The molecule has 122 valence electrons. The number of amides is 1. The Bertz CT molecular complexity index is 918. The van der Waals surface area contributed by atoms with Crippen molar-refractivity contribution in [2.75, 3.05) is 6.54 Å². The average molecular weight is 349 g/mol. The SMILES string of the molecule is C#CCNC(=O)c1cn2cc(-c3cccc(C(F)(F)F)c3)sc2n1. The number of fused-ring (bicyclic) bond motifs is 1. The van der Waals surface area contributed by atoms with Gasteiger partial charge in [-0.3, -0.25) is 9.20 Å². The number of imidazole rings is 1. The number of carbonyl (C=O) groups excluding carboxylic acids is 1. The monoisotopic (exact) mass is 349 g/mol. The number of nitrogens with zero attached hydrogens (tertiary/aromatic N) is 2. The van der Waals surface area contributed by atoms with Crippen molar-refractivity contribution in [2.45, 2.75) is 6.18 Å². The normalized spacial score (nSPS) is 11.4. The van der Waals surface area contributed by atoms with E-state index in [2.05, 4.69) is 16.2 Å². The van der Waals surface area contributed by atoms with Crippen molar-refractivity contribution in [1.82, 2.24) is 14.7 Å². The number of thiazole rings is 1. The minimum atomic E-state index is -4.39. The molecular weight excluding hydrogens is 339 g/mol. The van der Waals surface area contributed by atoms with Crippen LogP contribution in [-0.4, -0.2) is 21.8 Å². The molecule has 0 saturated carbocycles. The summed E-state index contributed by atoms with van der Waals surface area (Å²) in [5.41, 5.74) is -0.0638. The fourth-order valence-corrected chi connectivity index (χ4v) is 3.07. The Hall–Kier alpha value is -2.79. The number of halogens is 3. The second-order valence-corrected chi connectivity index (χ2v) is 5.89. The lowest BCUT2D eigenvalue weighted by Crippen LogP contribution is -2.23. The van der Waals surface area contributed by atoms with Gasteiger partial charge in [-0.25, -0.2) is 4.98 Å². The van der Waals surface area contributed by atoms with E-state index in [1.165, 1.54) is 23.6 Å². The fourth-order valence-electron chi connectivity index (χ4n) is 2.11. The lowest BCUT2D eigenvalue weighted by atomic mass is 10.1. The van der Waals surface area contributed by atoms with Crippen molar-refractivity contribution in [1.29, 1.82) is 0 Å². The van der Waals surface area contributed by atoms with E-state index in [0.717, 1.165) is 12.1 Å². The van der Waals surface area contributed by atoms with Crippen LogP contribution in [-0.2, 0) is 6.18 Å². The molecule has 0 saturated heterocycles. The van der Waals surface area contributed by atoms with Gasteiger partial charge >= 0.3 is 6.18 Å². The van der Waals surface area contributed by atoms with Crippen LogP contribution in [0.3, 0.4) is 0 Å². The molecule has 0 aliphatic rings. The van der Waals surface area contributed by atoms with Crippen molar-refractivity contribution in [3.63, 3.8) is 0 Å². The van der Waals surface area contributed by atoms with Gasteiger partial charge in [0.1, 0.15) is 5.69 Å². The quantitative estimate of drug-likeness (QED) is 0.736. The topological polar surface area (TPSA) is 46.4 Å². The summed E-state index contributed by atoms with van der Waals surface area (Å²) < 4.78 is 40.0. The number of hydrogen-bond donors (Lipinski definition) is 1. The highest BCUT2D eigenvalue weighted by Gasteiger charge is 2.30. The van der Waals surface area contributed by atoms with Crippen molar-refractivity contribution < 1.29 is 18.0 Å². The molecule has 24 heavy (non-hydrogen) atoms. The zero-order valence-corrected chi connectivity index (χ0v) is 12.9. The number of terminal acetylenes is 1. The van der Waals surface area contributed by atoms with Gasteiger partial charge in [0.2, 0.25) is 0 Å². The minimum absolute atomic E-state index is 0.0967. The first-order valence-corrected chi connectivity index (χ1v) is 7.58. The smallest absolute Gasteiger partial charge is 0.340 e. The number of aromatic nitrogens is 2. The van der Waals surface area contributed by atoms with Crippen molar-refractivity contribution in [3.8, 4) is 22.8 Å². The van der Waals surface area contributed by atoms with Crippen LogP contribution < -0.4 is 5.32 Å². The van der Waals surface area contributed by atoms with Gasteiger partial charge in [0, 0.05) is 12.4 Å². The Morgan fingerprint density at radius 3 is 2.83 bits per heavy atom. The maximum Gasteiger partial charge on any atom is 0.416 e. The maximum atomic E-state index is 12.8. The zero-order valence-electron chi connectivity index (χ0n) is 12.1. The highest BCUT2D eigenvalue weighted by molar-refractivity contribution is 7.20. The predicted molar refractivity (Wildman–Crippen MR) is 84.7 cm³/mol. The molecule has 0 radical (unpaired) electrons. The van der Waals surface area contributed by atoms with E-state index in [9.17, 15) is 18.0 Å². The van der Waals surface area contributed by atoms with Gasteiger partial charge in [0.25, 0.3) is 5.91 Å². The number of alkyl halides is 3. The van der Waals surface area contributed by atoms with Crippen LogP contribution in [0.4, 0.5) is 13.2 Å². The highest BCUT2D eigenvalue weighted by Crippen LogP contribution is 2.34. The molecule has 2 aromatic heterocycles. The summed E-state index contributed by atoms with van der Waals surface area (Å²) in [7, 11) is 0. The molecule has 0 atom stereocenters. The lowest BCUT2D eigenvalue weighted by molar-refractivity contribution is -0.137. The molecule has 0 aliphatic carbocycles. The summed E-state index contributed by atoms with van der Waals surface area (Å²) in [6.07, 6.45) is 3.82. The maximum absolute atomic E-state index is 12.8. The summed E-state index contributed by atoms with van der Waals surface area (Å²) >= 11 is 1.20. The molecule has 0 spiro atoms.